The van der Waals surface area contributed by atoms with E-state index in [-0.39, 0.29) is 0 Å². The summed E-state index contributed by atoms with van der Waals surface area (Å²) in [5.74, 6) is 3.30. The number of benzene rings is 1. The average molecular weight is 291 g/mol. The Labute approximate surface area is 126 Å². The van der Waals surface area contributed by atoms with E-state index < -0.39 is 0 Å². The minimum Gasteiger partial charge on any atom is -0.497 e. The van der Waals surface area contributed by atoms with Gasteiger partial charge in [-0.05, 0) is 43.5 Å². The fraction of sp³-hybridized carbons (Fsp3) is 0.562. The third-order valence-electron chi connectivity index (χ3n) is 3.47. The van der Waals surface area contributed by atoms with Gasteiger partial charge in [-0.25, -0.2) is 4.99 Å². The third-order valence-corrected chi connectivity index (χ3v) is 3.47. The van der Waals surface area contributed by atoms with Crippen LogP contribution in [0.4, 0.5) is 0 Å². The summed E-state index contributed by atoms with van der Waals surface area (Å²) in [7, 11) is 1.65. The Morgan fingerprint density at radius 2 is 1.95 bits per heavy atom. The molecule has 116 valence electrons. The first-order valence-electron chi connectivity index (χ1n) is 7.54. The van der Waals surface area contributed by atoms with Crippen LogP contribution in [0.25, 0.3) is 0 Å². The molecule has 2 unspecified atom stereocenters. The van der Waals surface area contributed by atoms with Crippen molar-refractivity contribution in [1.29, 1.82) is 0 Å². The van der Waals surface area contributed by atoms with Gasteiger partial charge in [-0.2, -0.15) is 0 Å². The van der Waals surface area contributed by atoms with E-state index in [0.717, 1.165) is 29.9 Å². The van der Waals surface area contributed by atoms with Crippen LogP contribution in [-0.2, 0) is 0 Å². The Bertz CT molecular complexity index is 459. The lowest BCUT2D eigenvalue weighted by atomic mass is 10.3. The minimum atomic E-state index is 0.559. The largest absolute Gasteiger partial charge is 0.497 e. The van der Waals surface area contributed by atoms with Gasteiger partial charge in [-0.1, -0.05) is 6.92 Å². The Balaban J connectivity index is 1.73. The highest BCUT2D eigenvalue weighted by molar-refractivity contribution is 5.80. The summed E-state index contributed by atoms with van der Waals surface area (Å²) in [6.07, 6.45) is 1.23. The van der Waals surface area contributed by atoms with E-state index in [1.54, 1.807) is 7.11 Å². The molecule has 5 heteroatoms. The van der Waals surface area contributed by atoms with Gasteiger partial charge in [0, 0.05) is 12.6 Å². The molecule has 1 aliphatic carbocycles. The minimum absolute atomic E-state index is 0.559. The number of hydrogen-bond donors (Lipinski definition) is 2. The molecule has 0 spiro atoms. The van der Waals surface area contributed by atoms with E-state index in [0.29, 0.717) is 19.2 Å². The average Bonchev–Trinajstić information content (AvgIpc) is 3.19. The number of hydrogen-bond acceptors (Lipinski definition) is 3. The van der Waals surface area contributed by atoms with E-state index in [4.69, 9.17) is 9.47 Å². The first-order valence-corrected chi connectivity index (χ1v) is 7.54. The maximum atomic E-state index is 5.66. The summed E-state index contributed by atoms with van der Waals surface area (Å²) >= 11 is 0. The van der Waals surface area contributed by atoms with E-state index in [1.807, 2.05) is 24.3 Å². The predicted molar refractivity (Wildman–Crippen MR) is 85.2 cm³/mol. The Hall–Kier alpha value is -1.91. The van der Waals surface area contributed by atoms with Crippen molar-refractivity contribution in [2.24, 2.45) is 10.9 Å². The number of methoxy groups -OCH3 is 1. The van der Waals surface area contributed by atoms with Crippen molar-refractivity contribution in [2.45, 2.75) is 26.3 Å². The van der Waals surface area contributed by atoms with Crippen LogP contribution in [0.1, 0.15) is 20.3 Å². The molecule has 1 aromatic carbocycles. The van der Waals surface area contributed by atoms with Crippen LogP contribution in [0.5, 0.6) is 11.5 Å². The molecular weight excluding hydrogens is 266 g/mol. The zero-order chi connectivity index (χ0) is 15.1. The SMILES string of the molecule is CCNC(=NCCOc1ccc(OC)cc1)NC1CC1C. The number of rotatable bonds is 7. The van der Waals surface area contributed by atoms with Crippen molar-refractivity contribution in [3.05, 3.63) is 24.3 Å². The quantitative estimate of drug-likeness (QED) is 0.458. The van der Waals surface area contributed by atoms with Crippen molar-refractivity contribution in [3.63, 3.8) is 0 Å². The van der Waals surface area contributed by atoms with Gasteiger partial charge in [0.05, 0.1) is 13.7 Å². The molecule has 0 heterocycles. The normalized spacial score (nSPS) is 20.8. The van der Waals surface area contributed by atoms with E-state index >= 15 is 0 Å². The summed E-state index contributed by atoms with van der Waals surface area (Å²) in [4.78, 5) is 4.52. The molecule has 1 fully saturated rings. The smallest absolute Gasteiger partial charge is 0.191 e. The molecular formula is C16H25N3O2. The molecule has 0 saturated heterocycles. The lowest BCUT2D eigenvalue weighted by Gasteiger charge is -2.11. The fourth-order valence-electron chi connectivity index (χ4n) is 2.01. The molecule has 0 aromatic heterocycles. The first kappa shape index (κ1) is 15.5. The van der Waals surface area contributed by atoms with E-state index in [9.17, 15) is 0 Å². The molecule has 0 bridgehead atoms. The van der Waals surface area contributed by atoms with Crippen LogP contribution in [0.3, 0.4) is 0 Å². The monoisotopic (exact) mass is 291 g/mol. The molecule has 1 aromatic rings. The van der Waals surface area contributed by atoms with Crippen molar-refractivity contribution in [2.75, 3.05) is 26.8 Å². The van der Waals surface area contributed by atoms with E-state index in [1.165, 1.54) is 6.42 Å². The summed E-state index contributed by atoms with van der Waals surface area (Å²) < 4.78 is 10.8. The van der Waals surface area contributed by atoms with Gasteiger partial charge >= 0.3 is 0 Å². The molecule has 1 saturated carbocycles. The molecule has 1 aliphatic rings. The maximum Gasteiger partial charge on any atom is 0.191 e. The molecule has 2 atom stereocenters. The highest BCUT2D eigenvalue weighted by atomic mass is 16.5. The van der Waals surface area contributed by atoms with Gasteiger partial charge in [0.15, 0.2) is 5.96 Å². The summed E-state index contributed by atoms with van der Waals surface area (Å²) in [6, 6.07) is 8.15. The summed E-state index contributed by atoms with van der Waals surface area (Å²) in [5.41, 5.74) is 0. The fourth-order valence-corrected chi connectivity index (χ4v) is 2.01. The van der Waals surface area contributed by atoms with Gasteiger partial charge in [-0.15, -0.1) is 0 Å². The van der Waals surface area contributed by atoms with Crippen molar-refractivity contribution >= 4 is 5.96 Å². The topological polar surface area (TPSA) is 54.9 Å². The number of nitrogens with one attached hydrogen (secondary N) is 2. The van der Waals surface area contributed by atoms with Crippen LogP contribution in [0.15, 0.2) is 29.3 Å². The standard InChI is InChI=1S/C16H25N3O2/c1-4-17-16(19-15-11-12(15)2)18-9-10-21-14-7-5-13(20-3)6-8-14/h5-8,12,15H,4,9-11H2,1-3H3,(H2,17,18,19). The predicted octanol–water partition coefficient (Wildman–Crippen LogP) is 2.04. The van der Waals surface area contributed by atoms with Crippen LogP contribution in [0, 0.1) is 5.92 Å². The van der Waals surface area contributed by atoms with Gasteiger partial charge in [0.25, 0.3) is 0 Å². The van der Waals surface area contributed by atoms with Crippen LogP contribution < -0.4 is 20.1 Å². The molecule has 21 heavy (non-hydrogen) atoms. The van der Waals surface area contributed by atoms with Crippen LogP contribution in [-0.4, -0.2) is 38.8 Å². The van der Waals surface area contributed by atoms with Gasteiger partial charge in [-0.3, -0.25) is 0 Å². The molecule has 2 N–H and O–H groups in total. The van der Waals surface area contributed by atoms with Crippen molar-refractivity contribution in [1.82, 2.24) is 10.6 Å². The maximum absolute atomic E-state index is 5.66. The number of nitrogens with zero attached hydrogens (tertiary/aromatic N) is 1. The van der Waals surface area contributed by atoms with Crippen LogP contribution in [0.2, 0.25) is 0 Å². The first-order chi connectivity index (χ1) is 10.2. The number of guanidine groups is 1. The number of aliphatic imine (C=N–C) groups is 1. The second kappa shape index (κ2) is 7.76. The zero-order valence-corrected chi connectivity index (χ0v) is 13.1. The second-order valence-electron chi connectivity index (χ2n) is 5.25. The Morgan fingerprint density at radius 1 is 1.29 bits per heavy atom. The van der Waals surface area contributed by atoms with Gasteiger partial charge in [0.1, 0.15) is 18.1 Å². The Morgan fingerprint density at radius 3 is 2.52 bits per heavy atom. The van der Waals surface area contributed by atoms with Gasteiger partial charge in [0.2, 0.25) is 0 Å². The highest BCUT2D eigenvalue weighted by Crippen LogP contribution is 2.28. The van der Waals surface area contributed by atoms with Crippen molar-refractivity contribution in [3.8, 4) is 11.5 Å². The molecule has 5 nitrogen and oxygen atoms in total. The molecule has 2 rings (SSSR count). The summed E-state index contributed by atoms with van der Waals surface area (Å²) in [5, 5.41) is 6.68. The zero-order valence-electron chi connectivity index (χ0n) is 13.1. The van der Waals surface area contributed by atoms with Crippen LogP contribution >= 0.6 is 0 Å². The Kier molecular flexibility index (Phi) is 5.72. The third kappa shape index (κ3) is 5.17. The van der Waals surface area contributed by atoms with Gasteiger partial charge < -0.3 is 20.1 Å². The van der Waals surface area contributed by atoms with Crippen molar-refractivity contribution < 1.29 is 9.47 Å². The van der Waals surface area contributed by atoms with E-state index in [2.05, 4.69) is 29.5 Å². The lowest BCUT2D eigenvalue weighted by Crippen LogP contribution is -2.39. The second-order valence-corrected chi connectivity index (χ2v) is 5.25. The summed E-state index contributed by atoms with van der Waals surface area (Å²) in [6.45, 7) is 6.37. The number of ether oxygens (including phenoxy) is 2. The molecule has 0 aliphatic heterocycles. The lowest BCUT2D eigenvalue weighted by molar-refractivity contribution is 0.327. The molecule has 0 radical (unpaired) electrons. The molecule has 0 amide bonds. The highest BCUT2D eigenvalue weighted by Gasteiger charge is 2.33.